The van der Waals surface area contributed by atoms with Crippen molar-refractivity contribution in [2.24, 2.45) is 0 Å². The van der Waals surface area contributed by atoms with Crippen LogP contribution in [-0.4, -0.2) is 31.0 Å². The lowest BCUT2D eigenvalue weighted by Crippen LogP contribution is -2.26. The molecule has 0 fully saturated rings. The zero-order chi connectivity index (χ0) is 18.3. The van der Waals surface area contributed by atoms with Crippen molar-refractivity contribution in [1.82, 2.24) is 5.06 Å². The molecule has 2 aliphatic rings. The molecule has 0 saturated carbocycles. The van der Waals surface area contributed by atoms with Gasteiger partial charge in [0.2, 0.25) is 0 Å². The molecule has 2 aromatic carbocycles. The van der Waals surface area contributed by atoms with Gasteiger partial charge in [0.25, 0.3) is 0 Å². The fourth-order valence-electron chi connectivity index (χ4n) is 3.36. The lowest BCUT2D eigenvalue weighted by atomic mass is 9.90. The van der Waals surface area contributed by atoms with Crippen LogP contribution in [0, 0.1) is 0 Å². The Morgan fingerprint density at radius 1 is 1.12 bits per heavy atom. The largest absolute Gasteiger partial charge is 0.493 e. The van der Waals surface area contributed by atoms with Crippen molar-refractivity contribution in [2.45, 2.75) is 6.42 Å². The minimum atomic E-state index is 0.367. The van der Waals surface area contributed by atoms with Gasteiger partial charge in [0, 0.05) is 12.0 Å². The first-order valence-electron chi connectivity index (χ1n) is 8.18. The van der Waals surface area contributed by atoms with Gasteiger partial charge in [-0.15, -0.1) is 0 Å². The number of hydrogen-bond donors (Lipinski definition) is 1. The van der Waals surface area contributed by atoms with Crippen molar-refractivity contribution in [3.05, 3.63) is 69.5 Å². The van der Waals surface area contributed by atoms with Crippen molar-refractivity contribution in [3.8, 4) is 17.2 Å². The average Bonchev–Trinajstić information content (AvgIpc) is 2.65. The SMILES string of the molecule is COc1cc(C2=C3Cc4ccccc4OC3=CN(O)C2)cc(Br)c1OC. The molecule has 0 saturated heterocycles. The molecule has 26 heavy (non-hydrogen) atoms. The summed E-state index contributed by atoms with van der Waals surface area (Å²) in [6.07, 6.45) is 2.38. The van der Waals surface area contributed by atoms with E-state index in [-0.39, 0.29) is 0 Å². The number of nitrogens with zero attached hydrogens (tertiary/aromatic N) is 1. The van der Waals surface area contributed by atoms with E-state index in [2.05, 4.69) is 22.0 Å². The van der Waals surface area contributed by atoms with Crippen molar-refractivity contribution in [2.75, 3.05) is 20.8 Å². The summed E-state index contributed by atoms with van der Waals surface area (Å²) >= 11 is 3.54. The smallest absolute Gasteiger partial charge is 0.174 e. The van der Waals surface area contributed by atoms with Gasteiger partial charge in [-0.05, 0) is 50.8 Å². The molecule has 0 aliphatic carbocycles. The second-order valence-corrected chi connectivity index (χ2v) is 6.98. The highest BCUT2D eigenvalue weighted by molar-refractivity contribution is 9.10. The summed E-state index contributed by atoms with van der Waals surface area (Å²) < 4.78 is 17.7. The number of benzene rings is 2. The quantitative estimate of drug-likeness (QED) is 0.804. The summed E-state index contributed by atoms with van der Waals surface area (Å²) in [6, 6.07) is 11.8. The van der Waals surface area contributed by atoms with Gasteiger partial charge in [-0.2, -0.15) is 0 Å². The van der Waals surface area contributed by atoms with Crippen molar-refractivity contribution < 1.29 is 19.4 Å². The third kappa shape index (κ3) is 2.85. The van der Waals surface area contributed by atoms with Crippen LogP contribution in [0.25, 0.3) is 5.57 Å². The monoisotopic (exact) mass is 415 g/mol. The zero-order valence-electron chi connectivity index (χ0n) is 14.5. The standard InChI is InChI=1S/C20H18BrNO4/c1-24-18-9-13(8-16(21)20(18)25-2)15-10-22(23)11-19-14(15)7-12-5-3-4-6-17(12)26-19/h3-6,8-9,11,23H,7,10H2,1-2H3. The Labute approximate surface area is 160 Å². The molecular formula is C20H18BrNO4. The van der Waals surface area contributed by atoms with Crippen molar-refractivity contribution in [1.29, 1.82) is 0 Å². The van der Waals surface area contributed by atoms with Crippen LogP contribution in [0.2, 0.25) is 0 Å². The summed E-state index contributed by atoms with van der Waals surface area (Å²) in [5, 5.41) is 11.3. The lowest BCUT2D eigenvalue weighted by Gasteiger charge is -2.31. The molecule has 134 valence electrons. The first-order valence-corrected chi connectivity index (χ1v) is 8.97. The topological polar surface area (TPSA) is 51.2 Å². The lowest BCUT2D eigenvalue weighted by molar-refractivity contribution is -0.0317. The number of allylic oxidation sites excluding steroid dienone is 1. The fourth-order valence-corrected chi connectivity index (χ4v) is 3.97. The van der Waals surface area contributed by atoms with Crippen LogP contribution >= 0.6 is 15.9 Å². The highest BCUT2D eigenvalue weighted by Crippen LogP contribution is 2.43. The maximum absolute atomic E-state index is 10.2. The molecule has 5 nitrogen and oxygen atoms in total. The van der Waals surface area contributed by atoms with Crippen LogP contribution in [0.4, 0.5) is 0 Å². The Balaban J connectivity index is 1.87. The minimum absolute atomic E-state index is 0.367. The molecule has 0 unspecified atom stereocenters. The molecule has 2 aromatic rings. The van der Waals surface area contributed by atoms with Gasteiger partial charge in [0.15, 0.2) is 11.5 Å². The Bertz CT molecular complexity index is 935. The molecule has 0 spiro atoms. The molecule has 2 aliphatic heterocycles. The van der Waals surface area contributed by atoms with E-state index in [0.29, 0.717) is 23.8 Å². The molecule has 0 amide bonds. The highest BCUT2D eigenvalue weighted by Gasteiger charge is 2.28. The number of hydrogen-bond acceptors (Lipinski definition) is 5. The van der Waals surface area contributed by atoms with Gasteiger partial charge in [0.05, 0.1) is 31.4 Å². The number of methoxy groups -OCH3 is 2. The number of halogens is 1. The molecule has 4 rings (SSSR count). The summed E-state index contributed by atoms with van der Waals surface area (Å²) in [5.74, 6) is 2.76. The fraction of sp³-hybridized carbons (Fsp3) is 0.200. The number of hydroxylamine groups is 2. The summed E-state index contributed by atoms with van der Waals surface area (Å²) in [4.78, 5) is 0. The van der Waals surface area contributed by atoms with Crippen molar-refractivity contribution in [3.63, 3.8) is 0 Å². The van der Waals surface area contributed by atoms with Crippen LogP contribution in [-0.2, 0) is 6.42 Å². The molecule has 6 heteroatoms. The van der Waals surface area contributed by atoms with Crippen LogP contribution in [0.15, 0.2) is 58.4 Å². The van der Waals surface area contributed by atoms with Gasteiger partial charge in [-0.25, -0.2) is 0 Å². The van der Waals surface area contributed by atoms with Gasteiger partial charge < -0.3 is 14.2 Å². The van der Waals surface area contributed by atoms with E-state index < -0.39 is 0 Å². The average molecular weight is 416 g/mol. The number of para-hydroxylation sites is 1. The number of rotatable bonds is 3. The van der Waals surface area contributed by atoms with Gasteiger partial charge in [0.1, 0.15) is 11.5 Å². The molecule has 1 N–H and O–H groups in total. The third-order valence-corrected chi connectivity index (χ3v) is 5.18. The Kier molecular flexibility index (Phi) is 4.38. The summed E-state index contributed by atoms with van der Waals surface area (Å²) in [7, 11) is 3.21. The summed E-state index contributed by atoms with van der Waals surface area (Å²) in [5.41, 5.74) is 4.12. The molecule has 0 bridgehead atoms. The number of fused-ring (bicyclic) bond motifs is 2. The van der Waals surface area contributed by atoms with E-state index in [9.17, 15) is 5.21 Å². The first-order chi connectivity index (χ1) is 12.6. The third-order valence-electron chi connectivity index (χ3n) is 4.59. The minimum Gasteiger partial charge on any atom is -0.493 e. The highest BCUT2D eigenvalue weighted by atomic mass is 79.9. The van der Waals surface area contributed by atoms with E-state index >= 15 is 0 Å². The number of ether oxygens (including phenoxy) is 3. The maximum Gasteiger partial charge on any atom is 0.174 e. The van der Waals surface area contributed by atoms with Gasteiger partial charge >= 0.3 is 0 Å². The molecule has 0 aromatic heterocycles. The van der Waals surface area contributed by atoms with E-state index in [1.165, 1.54) is 0 Å². The van der Waals surface area contributed by atoms with E-state index in [1.807, 2.05) is 30.3 Å². The Hall–Kier alpha value is -2.44. The van der Waals surface area contributed by atoms with Crippen LogP contribution in [0.1, 0.15) is 11.1 Å². The normalized spacial score (nSPS) is 15.7. The van der Waals surface area contributed by atoms with Crippen LogP contribution in [0.3, 0.4) is 0 Å². The predicted molar refractivity (Wildman–Crippen MR) is 102 cm³/mol. The van der Waals surface area contributed by atoms with E-state index in [0.717, 1.165) is 44.0 Å². The Morgan fingerprint density at radius 2 is 1.92 bits per heavy atom. The molecule has 0 radical (unpaired) electrons. The van der Waals surface area contributed by atoms with Crippen LogP contribution < -0.4 is 14.2 Å². The second-order valence-electron chi connectivity index (χ2n) is 6.13. The molecule has 0 atom stereocenters. The first kappa shape index (κ1) is 17.0. The predicted octanol–water partition coefficient (Wildman–Crippen LogP) is 4.40. The van der Waals surface area contributed by atoms with Gasteiger partial charge in [-0.1, -0.05) is 18.2 Å². The maximum atomic E-state index is 10.2. The van der Waals surface area contributed by atoms with E-state index in [4.69, 9.17) is 14.2 Å². The molecule has 2 heterocycles. The zero-order valence-corrected chi connectivity index (χ0v) is 16.0. The summed E-state index contributed by atoms with van der Waals surface area (Å²) in [6.45, 7) is 0.367. The molecular weight excluding hydrogens is 398 g/mol. The Morgan fingerprint density at radius 3 is 2.69 bits per heavy atom. The van der Waals surface area contributed by atoms with Crippen molar-refractivity contribution >= 4 is 21.5 Å². The second kappa shape index (κ2) is 6.70. The van der Waals surface area contributed by atoms with Crippen LogP contribution in [0.5, 0.6) is 17.2 Å². The van der Waals surface area contributed by atoms with Gasteiger partial charge in [-0.3, -0.25) is 10.3 Å². The van der Waals surface area contributed by atoms with E-state index in [1.54, 1.807) is 20.4 Å².